The van der Waals surface area contributed by atoms with E-state index in [0.29, 0.717) is 36.9 Å². The average Bonchev–Trinajstić information content (AvgIpc) is 2.53. The summed E-state index contributed by atoms with van der Waals surface area (Å²) in [4.78, 5) is 22.9. The van der Waals surface area contributed by atoms with Crippen molar-refractivity contribution in [1.29, 1.82) is 0 Å². The van der Waals surface area contributed by atoms with Gasteiger partial charge in [0.15, 0.2) is 6.61 Å². The Kier molecular flexibility index (Phi) is 6.33. The van der Waals surface area contributed by atoms with Crippen molar-refractivity contribution in [2.75, 3.05) is 11.9 Å². The van der Waals surface area contributed by atoms with E-state index in [-0.39, 0.29) is 17.7 Å². The lowest BCUT2D eigenvalue weighted by Gasteiger charge is -2.26. The van der Waals surface area contributed by atoms with Gasteiger partial charge in [0.2, 0.25) is 0 Å². The Morgan fingerprint density at radius 3 is 2.42 bits per heavy atom. The molecule has 2 amide bonds. The number of halogens is 3. The van der Waals surface area contributed by atoms with Crippen molar-refractivity contribution in [3.8, 4) is 5.75 Å². The molecule has 0 aromatic heterocycles. The largest absolute Gasteiger partial charge is 0.484 e. The highest BCUT2D eigenvalue weighted by Crippen LogP contribution is 2.26. The van der Waals surface area contributed by atoms with Gasteiger partial charge in [-0.25, -0.2) is 4.79 Å². The Bertz CT molecular complexity index is 656. The zero-order chi connectivity index (χ0) is 19.3. The van der Waals surface area contributed by atoms with Gasteiger partial charge < -0.3 is 20.5 Å². The standard InChI is InChI=1S/C17H21F3N2O4/c1-10-8-13(6-7-14(10)26-9-17(18,19)20)22-16(25)21-12-4-2-11(3-5-12)15(23)24/h6-8,11-12H,2-5,9H2,1H3,(H,23,24)(H2,21,22,25). The summed E-state index contributed by atoms with van der Waals surface area (Å²) in [5.74, 6) is -1.07. The number of rotatable bonds is 5. The molecule has 0 atom stereocenters. The Hall–Kier alpha value is -2.45. The monoisotopic (exact) mass is 374 g/mol. The first kappa shape index (κ1) is 19.9. The number of aryl methyl sites for hydroxylation is 1. The summed E-state index contributed by atoms with van der Waals surface area (Å²) in [6, 6.07) is 3.81. The number of carboxylic acid groups (broad SMARTS) is 1. The van der Waals surface area contributed by atoms with Gasteiger partial charge >= 0.3 is 18.2 Å². The van der Waals surface area contributed by atoms with Crippen molar-refractivity contribution in [3.63, 3.8) is 0 Å². The number of carboxylic acids is 1. The van der Waals surface area contributed by atoms with Gasteiger partial charge in [0.1, 0.15) is 5.75 Å². The number of carbonyl (C=O) groups excluding carboxylic acids is 1. The van der Waals surface area contributed by atoms with Crippen molar-refractivity contribution in [3.05, 3.63) is 23.8 Å². The second kappa shape index (κ2) is 8.29. The SMILES string of the molecule is Cc1cc(NC(=O)NC2CCC(C(=O)O)CC2)ccc1OCC(F)(F)F. The lowest BCUT2D eigenvalue weighted by Crippen LogP contribution is -2.40. The first-order valence-electron chi connectivity index (χ1n) is 8.24. The van der Waals surface area contributed by atoms with E-state index in [1.54, 1.807) is 6.92 Å². The smallest absolute Gasteiger partial charge is 0.422 e. The highest BCUT2D eigenvalue weighted by Gasteiger charge is 2.29. The second-order valence-electron chi connectivity index (χ2n) is 6.37. The molecule has 2 rings (SSSR count). The third-order valence-electron chi connectivity index (χ3n) is 4.24. The molecule has 0 bridgehead atoms. The van der Waals surface area contributed by atoms with Crippen molar-refractivity contribution in [2.45, 2.75) is 44.8 Å². The Morgan fingerprint density at radius 1 is 1.23 bits per heavy atom. The fourth-order valence-corrected chi connectivity index (χ4v) is 2.89. The van der Waals surface area contributed by atoms with Crippen LogP contribution in [0.4, 0.5) is 23.7 Å². The quantitative estimate of drug-likeness (QED) is 0.733. The molecule has 26 heavy (non-hydrogen) atoms. The molecule has 0 aliphatic heterocycles. The van der Waals surface area contributed by atoms with E-state index in [2.05, 4.69) is 10.6 Å². The molecule has 0 heterocycles. The minimum Gasteiger partial charge on any atom is -0.484 e. The van der Waals surface area contributed by atoms with Crippen molar-refractivity contribution >= 4 is 17.7 Å². The summed E-state index contributed by atoms with van der Waals surface area (Å²) in [6.45, 7) is 0.210. The average molecular weight is 374 g/mol. The van der Waals surface area contributed by atoms with Crippen molar-refractivity contribution in [2.24, 2.45) is 5.92 Å². The van der Waals surface area contributed by atoms with Gasteiger partial charge in [0.05, 0.1) is 5.92 Å². The summed E-state index contributed by atoms with van der Waals surface area (Å²) in [5, 5.41) is 14.4. The van der Waals surface area contributed by atoms with Gasteiger partial charge in [-0.3, -0.25) is 4.79 Å². The van der Waals surface area contributed by atoms with Crippen LogP contribution in [-0.2, 0) is 4.79 Å². The molecule has 9 heteroatoms. The van der Waals surface area contributed by atoms with Crippen LogP contribution in [0.1, 0.15) is 31.2 Å². The molecule has 0 radical (unpaired) electrons. The van der Waals surface area contributed by atoms with E-state index in [1.807, 2.05) is 0 Å². The molecule has 0 saturated heterocycles. The van der Waals surface area contributed by atoms with Crippen LogP contribution in [-0.4, -0.2) is 35.9 Å². The van der Waals surface area contributed by atoms with E-state index < -0.39 is 24.8 Å². The fraction of sp³-hybridized carbons (Fsp3) is 0.529. The highest BCUT2D eigenvalue weighted by atomic mass is 19.4. The summed E-state index contributed by atoms with van der Waals surface area (Å²) in [6.07, 6.45) is -2.20. The molecule has 1 aliphatic carbocycles. The molecule has 1 aromatic carbocycles. The summed E-state index contributed by atoms with van der Waals surface area (Å²) < 4.78 is 41.3. The lowest BCUT2D eigenvalue weighted by atomic mass is 9.86. The Morgan fingerprint density at radius 2 is 1.88 bits per heavy atom. The molecule has 1 aliphatic rings. The first-order valence-corrected chi connectivity index (χ1v) is 8.24. The molecular weight excluding hydrogens is 353 g/mol. The molecule has 0 spiro atoms. The topological polar surface area (TPSA) is 87.7 Å². The van der Waals surface area contributed by atoms with Gasteiger partial charge in [-0.05, 0) is 56.4 Å². The predicted octanol–water partition coefficient (Wildman–Crippen LogP) is 3.70. The summed E-state index contributed by atoms with van der Waals surface area (Å²) in [5.41, 5.74) is 0.896. The number of amides is 2. The molecule has 144 valence electrons. The van der Waals surface area contributed by atoms with Gasteiger partial charge in [-0.1, -0.05) is 0 Å². The van der Waals surface area contributed by atoms with Gasteiger partial charge in [0.25, 0.3) is 0 Å². The molecule has 6 nitrogen and oxygen atoms in total. The normalized spacial score (nSPS) is 20.3. The number of benzene rings is 1. The van der Waals surface area contributed by atoms with Gasteiger partial charge in [0, 0.05) is 11.7 Å². The number of nitrogens with one attached hydrogen (secondary N) is 2. The number of alkyl halides is 3. The maximum absolute atomic E-state index is 12.2. The van der Waals surface area contributed by atoms with Crippen LogP contribution in [0.2, 0.25) is 0 Å². The fourth-order valence-electron chi connectivity index (χ4n) is 2.89. The van der Waals surface area contributed by atoms with E-state index in [1.165, 1.54) is 18.2 Å². The van der Waals surface area contributed by atoms with Crippen molar-refractivity contribution in [1.82, 2.24) is 5.32 Å². The zero-order valence-electron chi connectivity index (χ0n) is 14.2. The first-order chi connectivity index (χ1) is 12.1. The number of hydrogen-bond donors (Lipinski definition) is 3. The van der Waals surface area contributed by atoms with E-state index >= 15 is 0 Å². The minimum absolute atomic E-state index is 0.0962. The predicted molar refractivity (Wildman–Crippen MR) is 88.3 cm³/mol. The number of ether oxygens (including phenoxy) is 1. The third-order valence-corrected chi connectivity index (χ3v) is 4.24. The maximum Gasteiger partial charge on any atom is 0.422 e. The van der Waals surface area contributed by atoms with Crippen LogP contribution in [0, 0.1) is 12.8 Å². The van der Waals surface area contributed by atoms with Crippen LogP contribution < -0.4 is 15.4 Å². The van der Waals surface area contributed by atoms with Gasteiger partial charge in [-0.15, -0.1) is 0 Å². The number of hydrogen-bond acceptors (Lipinski definition) is 3. The van der Waals surface area contributed by atoms with E-state index in [4.69, 9.17) is 9.84 Å². The summed E-state index contributed by atoms with van der Waals surface area (Å²) >= 11 is 0. The van der Waals surface area contributed by atoms with Crippen LogP contribution in [0.15, 0.2) is 18.2 Å². The van der Waals surface area contributed by atoms with Crippen LogP contribution >= 0.6 is 0 Å². The molecule has 1 fully saturated rings. The van der Waals surface area contributed by atoms with Crippen LogP contribution in [0.3, 0.4) is 0 Å². The van der Waals surface area contributed by atoms with E-state index in [0.717, 1.165) is 0 Å². The second-order valence-corrected chi connectivity index (χ2v) is 6.37. The molecule has 0 unspecified atom stereocenters. The van der Waals surface area contributed by atoms with Crippen LogP contribution in [0.25, 0.3) is 0 Å². The summed E-state index contributed by atoms with van der Waals surface area (Å²) in [7, 11) is 0. The lowest BCUT2D eigenvalue weighted by molar-refractivity contribution is -0.153. The van der Waals surface area contributed by atoms with Crippen molar-refractivity contribution < 1.29 is 32.6 Å². The molecule has 3 N–H and O–H groups in total. The molecule has 1 aromatic rings. The number of carbonyl (C=O) groups is 2. The Balaban J connectivity index is 1.84. The maximum atomic E-state index is 12.2. The zero-order valence-corrected chi connectivity index (χ0v) is 14.2. The van der Waals surface area contributed by atoms with E-state index in [9.17, 15) is 22.8 Å². The molecule has 1 saturated carbocycles. The number of aliphatic carboxylic acids is 1. The van der Waals surface area contributed by atoms with Crippen LogP contribution in [0.5, 0.6) is 5.75 Å². The number of urea groups is 1. The minimum atomic E-state index is -4.41. The van der Waals surface area contributed by atoms with Gasteiger partial charge in [-0.2, -0.15) is 13.2 Å². The Labute approximate surface area is 148 Å². The third kappa shape index (κ3) is 6.12. The highest BCUT2D eigenvalue weighted by molar-refractivity contribution is 5.89. The number of anilines is 1. The molecular formula is C17H21F3N2O4.